The van der Waals surface area contributed by atoms with E-state index in [4.69, 9.17) is 0 Å². The third-order valence-electron chi connectivity index (χ3n) is 7.31. The van der Waals surface area contributed by atoms with Gasteiger partial charge in [-0.2, -0.15) is 0 Å². The second-order valence-electron chi connectivity index (χ2n) is 9.83. The molecule has 0 atom stereocenters. The van der Waals surface area contributed by atoms with Gasteiger partial charge in [0.15, 0.2) is 0 Å². The van der Waals surface area contributed by atoms with Gasteiger partial charge in [-0.1, -0.05) is 24.6 Å². The molecule has 5 rings (SSSR count). The zero-order valence-electron chi connectivity index (χ0n) is 19.7. The fraction of sp³-hybridized carbons (Fsp3) is 0.464. The Kier molecular flexibility index (Phi) is 6.61. The number of benzene rings is 2. The molecule has 0 amide bonds. The molecule has 1 aliphatic heterocycles. The number of nitrogens with zero attached hydrogens (tertiary/aromatic N) is 3. The van der Waals surface area contributed by atoms with Crippen molar-refractivity contribution in [2.75, 3.05) is 26.7 Å². The average molecular weight is 448 g/mol. The van der Waals surface area contributed by atoms with Crippen LogP contribution in [-0.2, 0) is 32.5 Å². The van der Waals surface area contributed by atoms with E-state index < -0.39 is 0 Å². The molecule has 4 nitrogen and oxygen atoms in total. The molecule has 0 radical (unpaired) electrons. The molecule has 2 heterocycles. The Labute approximate surface area is 195 Å². The molecule has 3 aromatic rings. The predicted molar refractivity (Wildman–Crippen MR) is 132 cm³/mol. The number of rotatable bonds is 7. The largest absolute Gasteiger partial charge is 0.307 e. The molecular formula is C28H34FN3O. The van der Waals surface area contributed by atoms with E-state index >= 15 is 0 Å². The Morgan fingerprint density at radius 3 is 2.39 bits per heavy atom. The minimum atomic E-state index is -0.197. The van der Waals surface area contributed by atoms with Crippen LogP contribution in [-0.4, -0.2) is 41.0 Å². The van der Waals surface area contributed by atoms with E-state index in [-0.39, 0.29) is 11.4 Å². The Balaban J connectivity index is 1.46. The number of aromatic nitrogens is 1. The number of fused-ring (bicyclic) bond motifs is 2. The zero-order valence-corrected chi connectivity index (χ0v) is 19.7. The topological polar surface area (TPSA) is 28.5 Å². The van der Waals surface area contributed by atoms with Gasteiger partial charge in [0.1, 0.15) is 5.82 Å². The molecule has 1 aromatic heterocycles. The molecular weight excluding hydrogens is 413 g/mol. The highest BCUT2D eigenvalue weighted by atomic mass is 19.1. The van der Waals surface area contributed by atoms with Crippen LogP contribution in [0.3, 0.4) is 0 Å². The predicted octanol–water partition coefficient (Wildman–Crippen LogP) is 4.75. The summed E-state index contributed by atoms with van der Waals surface area (Å²) in [4.78, 5) is 18.2. The van der Waals surface area contributed by atoms with Crippen LogP contribution >= 0.6 is 0 Å². The molecule has 0 bridgehead atoms. The first kappa shape index (κ1) is 22.3. The van der Waals surface area contributed by atoms with Crippen molar-refractivity contribution in [2.24, 2.45) is 0 Å². The summed E-state index contributed by atoms with van der Waals surface area (Å²) in [5.74, 6) is -0.197. The van der Waals surface area contributed by atoms with Gasteiger partial charge in [-0.05, 0) is 93.0 Å². The van der Waals surface area contributed by atoms with E-state index in [0.717, 1.165) is 55.5 Å². The fourth-order valence-electron chi connectivity index (χ4n) is 5.54. The van der Waals surface area contributed by atoms with E-state index in [1.165, 1.54) is 42.9 Å². The van der Waals surface area contributed by atoms with E-state index in [1.54, 1.807) is 6.07 Å². The summed E-state index contributed by atoms with van der Waals surface area (Å²) in [6, 6.07) is 13.5. The van der Waals surface area contributed by atoms with Crippen LogP contribution in [0, 0.1) is 5.82 Å². The van der Waals surface area contributed by atoms with Gasteiger partial charge in [0.25, 0.3) is 5.56 Å². The van der Waals surface area contributed by atoms with Crippen LogP contribution in [0.15, 0.2) is 47.3 Å². The first-order valence-electron chi connectivity index (χ1n) is 12.4. The summed E-state index contributed by atoms with van der Waals surface area (Å²) in [7, 11) is 1.96. The number of aryl methyl sites for hydroxylation is 2. The number of hydrogen-bond acceptors (Lipinski definition) is 3. The van der Waals surface area contributed by atoms with Crippen molar-refractivity contribution in [1.29, 1.82) is 0 Å². The Morgan fingerprint density at radius 2 is 1.61 bits per heavy atom. The van der Waals surface area contributed by atoms with Crippen LogP contribution in [0.4, 0.5) is 4.39 Å². The number of piperidine rings is 1. The third kappa shape index (κ3) is 4.90. The van der Waals surface area contributed by atoms with Gasteiger partial charge >= 0.3 is 0 Å². The van der Waals surface area contributed by atoms with Gasteiger partial charge in [-0.15, -0.1) is 0 Å². The summed E-state index contributed by atoms with van der Waals surface area (Å²) < 4.78 is 16.2. The molecule has 1 saturated heterocycles. The van der Waals surface area contributed by atoms with Gasteiger partial charge in [-0.3, -0.25) is 9.69 Å². The normalized spacial score (nSPS) is 16.6. The number of likely N-dealkylation sites (tertiary alicyclic amines) is 1. The Hall–Kier alpha value is -2.50. The summed E-state index contributed by atoms with van der Waals surface area (Å²) in [5.41, 5.74) is 5.44. The van der Waals surface area contributed by atoms with Crippen molar-refractivity contribution >= 4 is 10.9 Å². The minimum absolute atomic E-state index is 0.0952. The zero-order chi connectivity index (χ0) is 22.8. The Bertz CT molecular complexity index is 1200. The van der Waals surface area contributed by atoms with Crippen molar-refractivity contribution in [1.82, 2.24) is 14.4 Å². The van der Waals surface area contributed by atoms with Crippen LogP contribution in [0.5, 0.6) is 0 Å². The maximum Gasteiger partial charge on any atom is 0.255 e. The summed E-state index contributed by atoms with van der Waals surface area (Å²) in [5, 5.41) is 1.16. The van der Waals surface area contributed by atoms with Gasteiger partial charge in [0, 0.05) is 37.3 Å². The van der Waals surface area contributed by atoms with Crippen molar-refractivity contribution < 1.29 is 4.39 Å². The standard InChI is InChI=1S/C28H34FN3O/c1-30(19-23-8-3-4-11-26(23)29)20-25-17-24-16-21-9-7-10-22(21)18-27(24)32(28(25)33)15-14-31-12-5-2-6-13-31/h3-4,8,11,16-18H,2,5-7,9-10,12-15,19-20H2,1H3. The lowest BCUT2D eigenvalue weighted by Gasteiger charge is -2.27. The second-order valence-corrected chi connectivity index (χ2v) is 9.83. The van der Waals surface area contributed by atoms with Gasteiger partial charge < -0.3 is 9.47 Å². The molecule has 0 saturated carbocycles. The lowest BCUT2D eigenvalue weighted by Crippen LogP contribution is -2.36. The molecule has 0 unspecified atom stereocenters. The van der Waals surface area contributed by atoms with Crippen molar-refractivity contribution in [3.05, 3.63) is 80.9 Å². The molecule has 0 N–H and O–H groups in total. The van der Waals surface area contributed by atoms with E-state index in [2.05, 4.69) is 23.1 Å². The van der Waals surface area contributed by atoms with Crippen LogP contribution in [0.2, 0.25) is 0 Å². The molecule has 5 heteroatoms. The first-order chi connectivity index (χ1) is 16.1. The highest BCUT2D eigenvalue weighted by molar-refractivity contribution is 5.82. The second kappa shape index (κ2) is 9.78. The molecule has 2 aromatic carbocycles. The van der Waals surface area contributed by atoms with Crippen LogP contribution in [0.1, 0.15) is 47.9 Å². The summed E-state index contributed by atoms with van der Waals surface area (Å²) >= 11 is 0. The van der Waals surface area contributed by atoms with E-state index in [9.17, 15) is 9.18 Å². The number of hydrogen-bond donors (Lipinski definition) is 0. The number of pyridine rings is 1. The van der Waals surface area contributed by atoms with Crippen molar-refractivity contribution in [2.45, 2.75) is 58.2 Å². The lowest BCUT2D eigenvalue weighted by atomic mass is 10.0. The van der Waals surface area contributed by atoms with Gasteiger partial charge in [-0.25, -0.2) is 4.39 Å². The lowest BCUT2D eigenvalue weighted by molar-refractivity contribution is 0.220. The molecule has 2 aliphatic rings. The van der Waals surface area contributed by atoms with Crippen molar-refractivity contribution in [3.8, 4) is 0 Å². The molecule has 0 spiro atoms. The fourth-order valence-corrected chi connectivity index (χ4v) is 5.54. The van der Waals surface area contributed by atoms with Crippen molar-refractivity contribution in [3.63, 3.8) is 0 Å². The highest BCUT2D eigenvalue weighted by Gasteiger charge is 2.18. The molecule has 174 valence electrons. The quantitative estimate of drug-likeness (QED) is 0.523. The smallest absolute Gasteiger partial charge is 0.255 e. The average Bonchev–Trinajstić information content (AvgIpc) is 3.27. The van der Waals surface area contributed by atoms with E-state index in [1.807, 2.05) is 28.6 Å². The van der Waals surface area contributed by atoms with Gasteiger partial charge in [0.05, 0.1) is 5.52 Å². The molecule has 1 fully saturated rings. The maximum absolute atomic E-state index is 14.1. The summed E-state index contributed by atoms with van der Waals surface area (Å²) in [6.07, 6.45) is 7.25. The minimum Gasteiger partial charge on any atom is -0.307 e. The maximum atomic E-state index is 14.1. The molecule has 33 heavy (non-hydrogen) atoms. The Morgan fingerprint density at radius 1 is 0.879 bits per heavy atom. The highest BCUT2D eigenvalue weighted by Crippen LogP contribution is 2.27. The third-order valence-corrected chi connectivity index (χ3v) is 7.31. The SMILES string of the molecule is CN(Cc1ccccc1F)Cc1cc2cc3c(cc2n(CCN2CCCCC2)c1=O)CCC3. The molecule has 1 aliphatic carbocycles. The number of halogens is 1. The summed E-state index contributed by atoms with van der Waals surface area (Å²) in [6.45, 7) is 4.88. The van der Waals surface area contributed by atoms with Gasteiger partial charge in [0.2, 0.25) is 0 Å². The van der Waals surface area contributed by atoms with Crippen LogP contribution in [0.25, 0.3) is 10.9 Å². The van der Waals surface area contributed by atoms with Crippen LogP contribution < -0.4 is 5.56 Å². The monoisotopic (exact) mass is 447 g/mol. The first-order valence-corrected chi connectivity index (χ1v) is 12.4. The van der Waals surface area contributed by atoms with E-state index in [0.29, 0.717) is 18.7 Å².